The first-order chi connectivity index (χ1) is 10.2. The van der Waals surface area contributed by atoms with E-state index in [0.29, 0.717) is 17.0 Å². The number of carbonyl (C=O) groups excluding carboxylic acids is 1. The molecule has 0 aromatic heterocycles. The third-order valence-corrected chi connectivity index (χ3v) is 4.41. The highest BCUT2D eigenvalue weighted by Crippen LogP contribution is 2.30. The molecule has 2 amide bonds. The number of nitrogens with zero attached hydrogens (tertiary/aromatic N) is 1. The molecule has 5 heteroatoms. The Morgan fingerprint density at radius 3 is 2.62 bits per heavy atom. The number of hydrogen-bond donors (Lipinski definition) is 2. The van der Waals surface area contributed by atoms with Crippen LogP contribution in [0.25, 0.3) is 0 Å². The second-order valence-electron chi connectivity index (χ2n) is 6.08. The molecule has 1 aromatic rings. The smallest absolute Gasteiger partial charge is 0.321 e. The third-order valence-electron chi connectivity index (χ3n) is 4.16. The Balaban J connectivity index is 1.60. The van der Waals surface area contributed by atoms with E-state index in [1.165, 1.54) is 19.3 Å². The van der Waals surface area contributed by atoms with E-state index in [0.717, 1.165) is 31.7 Å². The predicted octanol–water partition coefficient (Wildman–Crippen LogP) is 3.34. The van der Waals surface area contributed by atoms with E-state index in [1.807, 2.05) is 17.0 Å². The van der Waals surface area contributed by atoms with Crippen molar-refractivity contribution in [3.8, 4) is 0 Å². The monoisotopic (exact) mass is 307 g/mol. The molecule has 1 aliphatic carbocycles. The number of carbonyl (C=O) groups is 1. The first-order valence-electron chi connectivity index (χ1n) is 7.75. The summed E-state index contributed by atoms with van der Waals surface area (Å²) in [5.41, 5.74) is 0.796. The topological polar surface area (TPSA) is 44.4 Å². The average molecular weight is 308 g/mol. The Kier molecular flexibility index (Phi) is 4.66. The Morgan fingerprint density at radius 2 is 2.00 bits per heavy atom. The van der Waals surface area contributed by atoms with Crippen molar-refractivity contribution in [3.63, 3.8) is 0 Å². The summed E-state index contributed by atoms with van der Waals surface area (Å²) in [6.07, 6.45) is 4.88. The largest absolute Gasteiger partial charge is 0.323 e. The van der Waals surface area contributed by atoms with Crippen LogP contribution in [-0.2, 0) is 0 Å². The summed E-state index contributed by atoms with van der Waals surface area (Å²) in [6.45, 7) is 2.74. The molecule has 0 bridgehead atoms. The summed E-state index contributed by atoms with van der Waals surface area (Å²) in [6, 6.07) is 7.70. The quantitative estimate of drug-likeness (QED) is 0.876. The Hall–Kier alpha value is -1.26. The number of urea groups is 1. The van der Waals surface area contributed by atoms with E-state index in [1.54, 1.807) is 12.1 Å². The first-order valence-corrected chi connectivity index (χ1v) is 8.13. The highest BCUT2D eigenvalue weighted by Gasteiger charge is 2.29. The molecule has 2 aliphatic rings. The number of hydrogen-bond acceptors (Lipinski definition) is 2. The molecule has 1 saturated carbocycles. The van der Waals surface area contributed by atoms with Crippen LogP contribution in [0.4, 0.5) is 10.5 Å². The van der Waals surface area contributed by atoms with Crippen molar-refractivity contribution in [2.75, 3.05) is 25.0 Å². The Bertz CT molecular complexity index is 481. The van der Waals surface area contributed by atoms with Gasteiger partial charge in [-0.1, -0.05) is 11.6 Å². The standard InChI is InChI=1S/C16H22ClN3O/c17-13-5-7-14(8-6-13)19-16(21)20(10-12-3-4-12)11-15-2-1-9-18-15/h5-8,12,15,18H,1-4,9-11H2,(H,19,21). The van der Waals surface area contributed by atoms with Gasteiger partial charge >= 0.3 is 6.03 Å². The van der Waals surface area contributed by atoms with E-state index < -0.39 is 0 Å². The highest BCUT2D eigenvalue weighted by atomic mass is 35.5. The van der Waals surface area contributed by atoms with E-state index in [9.17, 15) is 4.79 Å². The van der Waals surface area contributed by atoms with Crippen LogP contribution in [0, 0.1) is 5.92 Å². The molecule has 114 valence electrons. The molecular formula is C16H22ClN3O. The van der Waals surface area contributed by atoms with Crippen LogP contribution >= 0.6 is 11.6 Å². The molecule has 3 rings (SSSR count). The van der Waals surface area contributed by atoms with Gasteiger partial charge in [0.25, 0.3) is 0 Å². The lowest BCUT2D eigenvalue weighted by molar-refractivity contribution is 0.203. The maximum absolute atomic E-state index is 12.5. The fourth-order valence-electron chi connectivity index (χ4n) is 2.77. The summed E-state index contributed by atoms with van der Waals surface area (Å²) < 4.78 is 0. The van der Waals surface area contributed by atoms with Crippen molar-refractivity contribution in [1.29, 1.82) is 0 Å². The van der Waals surface area contributed by atoms with Crippen LogP contribution in [0.5, 0.6) is 0 Å². The molecule has 21 heavy (non-hydrogen) atoms. The van der Waals surface area contributed by atoms with Gasteiger partial charge in [0.1, 0.15) is 0 Å². The Morgan fingerprint density at radius 1 is 1.24 bits per heavy atom. The van der Waals surface area contributed by atoms with Gasteiger partial charge in [0, 0.05) is 29.8 Å². The number of anilines is 1. The zero-order valence-corrected chi connectivity index (χ0v) is 12.9. The highest BCUT2D eigenvalue weighted by molar-refractivity contribution is 6.30. The van der Waals surface area contributed by atoms with Crippen LogP contribution < -0.4 is 10.6 Å². The number of benzene rings is 1. The summed E-state index contributed by atoms with van der Waals surface area (Å²) in [7, 11) is 0. The van der Waals surface area contributed by atoms with Crippen LogP contribution in [0.3, 0.4) is 0 Å². The molecule has 4 nitrogen and oxygen atoms in total. The van der Waals surface area contributed by atoms with Crippen LogP contribution in [0.2, 0.25) is 5.02 Å². The maximum atomic E-state index is 12.5. The molecule has 1 aromatic carbocycles. The Labute approximate surface area is 130 Å². The third kappa shape index (κ3) is 4.35. The van der Waals surface area contributed by atoms with Gasteiger partial charge in [0.2, 0.25) is 0 Å². The number of rotatable bonds is 5. The van der Waals surface area contributed by atoms with E-state index in [-0.39, 0.29) is 6.03 Å². The second-order valence-corrected chi connectivity index (χ2v) is 6.52. The molecule has 1 aliphatic heterocycles. The summed E-state index contributed by atoms with van der Waals surface area (Å²) in [5.74, 6) is 0.697. The number of halogens is 1. The van der Waals surface area contributed by atoms with Crippen molar-refractivity contribution in [3.05, 3.63) is 29.3 Å². The summed E-state index contributed by atoms with van der Waals surface area (Å²) in [5, 5.41) is 7.12. The molecular weight excluding hydrogens is 286 g/mol. The summed E-state index contributed by atoms with van der Waals surface area (Å²) in [4.78, 5) is 14.5. The molecule has 2 N–H and O–H groups in total. The van der Waals surface area contributed by atoms with Crippen molar-refractivity contribution in [2.24, 2.45) is 5.92 Å². The molecule has 1 saturated heterocycles. The number of amides is 2. The van der Waals surface area contributed by atoms with Crippen LogP contribution in [0.1, 0.15) is 25.7 Å². The van der Waals surface area contributed by atoms with E-state index >= 15 is 0 Å². The molecule has 1 unspecified atom stereocenters. The van der Waals surface area contributed by atoms with Gasteiger partial charge in [-0.05, 0) is 62.4 Å². The van der Waals surface area contributed by atoms with Crippen molar-refractivity contribution >= 4 is 23.3 Å². The minimum atomic E-state index is -0.00192. The lowest BCUT2D eigenvalue weighted by atomic mass is 10.2. The molecule has 2 fully saturated rings. The van der Waals surface area contributed by atoms with Gasteiger partial charge in [-0.25, -0.2) is 4.79 Å². The van der Waals surface area contributed by atoms with Gasteiger partial charge in [0.05, 0.1) is 0 Å². The zero-order valence-electron chi connectivity index (χ0n) is 12.1. The minimum Gasteiger partial charge on any atom is -0.323 e. The van der Waals surface area contributed by atoms with Crippen molar-refractivity contribution in [1.82, 2.24) is 10.2 Å². The van der Waals surface area contributed by atoms with Crippen molar-refractivity contribution < 1.29 is 4.79 Å². The first kappa shape index (κ1) is 14.7. The summed E-state index contributed by atoms with van der Waals surface area (Å²) >= 11 is 5.87. The zero-order chi connectivity index (χ0) is 14.7. The fourth-order valence-corrected chi connectivity index (χ4v) is 2.89. The molecule has 1 atom stereocenters. The van der Waals surface area contributed by atoms with E-state index in [2.05, 4.69) is 10.6 Å². The van der Waals surface area contributed by atoms with Gasteiger partial charge in [-0.15, -0.1) is 0 Å². The van der Waals surface area contributed by atoms with E-state index in [4.69, 9.17) is 11.6 Å². The second kappa shape index (κ2) is 6.67. The predicted molar refractivity (Wildman–Crippen MR) is 85.8 cm³/mol. The molecule has 0 spiro atoms. The van der Waals surface area contributed by atoms with Crippen LogP contribution in [-0.4, -0.2) is 36.6 Å². The fraction of sp³-hybridized carbons (Fsp3) is 0.562. The normalized spacial score (nSPS) is 21.3. The lowest BCUT2D eigenvalue weighted by Gasteiger charge is -2.26. The number of nitrogens with one attached hydrogen (secondary N) is 2. The average Bonchev–Trinajstić information content (AvgIpc) is 3.14. The van der Waals surface area contributed by atoms with Gasteiger partial charge < -0.3 is 15.5 Å². The van der Waals surface area contributed by atoms with Crippen molar-refractivity contribution in [2.45, 2.75) is 31.7 Å². The van der Waals surface area contributed by atoms with Gasteiger partial charge in [-0.3, -0.25) is 0 Å². The van der Waals surface area contributed by atoms with Gasteiger partial charge in [-0.2, -0.15) is 0 Å². The lowest BCUT2D eigenvalue weighted by Crippen LogP contribution is -2.44. The van der Waals surface area contributed by atoms with Crippen LogP contribution in [0.15, 0.2) is 24.3 Å². The minimum absolute atomic E-state index is 0.00192. The van der Waals surface area contributed by atoms with Gasteiger partial charge in [0.15, 0.2) is 0 Å². The molecule has 1 heterocycles. The maximum Gasteiger partial charge on any atom is 0.321 e. The molecule has 0 radical (unpaired) electrons. The SMILES string of the molecule is O=C(Nc1ccc(Cl)cc1)N(CC1CC1)CC1CCCN1.